The fourth-order valence-corrected chi connectivity index (χ4v) is 2.53. The first-order chi connectivity index (χ1) is 8.99. The topological polar surface area (TPSA) is 79.3 Å². The van der Waals surface area contributed by atoms with Crippen LogP contribution in [0.5, 0.6) is 0 Å². The molecule has 0 aromatic carbocycles. The Hall–Kier alpha value is -1.73. The van der Waals surface area contributed by atoms with Gasteiger partial charge >= 0.3 is 5.97 Å². The second kappa shape index (κ2) is 5.50. The molecule has 0 unspecified atom stereocenters. The monoisotopic (exact) mass is 340 g/mol. The van der Waals surface area contributed by atoms with E-state index in [4.69, 9.17) is 5.11 Å². The van der Waals surface area contributed by atoms with E-state index in [1.54, 1.807) is 24.4 Å². The molecule has 2 heterocycles. The number of carboxylic acid groups (broad SMARTS) is 1. The van der Waals surface area contributed by atoms with Crippen LogP contribution in [0.1, 0.15) is 25.6 Å². The lowest BCUT2D eigenvalue weighted by Crippen LogP contribution is -2.14. The third-order valence-electron chi connectivity index (χ3n) is 2.40. The minimum atomic E-state index is -1.05. The number of thiophene rings is 1. The zero-order valence-electron chi connectivity index (χ0n) is 9.81. The van der Waals surface area contributed by atoms with Crippen LogP contribution >= 0.6 is 27.3 Å². The number of anilines is 1. The molecule has 0 radical (unpaired) electrons. The highest BCUT2D eigenvalue weighted by Gasteiger charge is 2.18. The van der Waals surface area contributed by atoms with Crippen molar-refractivity contribution in [2.75, 3.05) is 5.32 Å². The standard InChI is InChI=1S/C12H9BrN2O3S/c1-6-5-19-10(12(17)18)9(6)15-11(16)7-2-3-8(13)14-4-7/h2-5H,1H3,(H,15,16)(H,17,18). The number of carboxylic acids is 1. The second-order valence-corrected chi connectivity index (χ2v) is 5.44. The van der Waals surface area contributed by atoms with Gasteiger partial charge in [0.15, 0.2) is 0 Å². The number of rotatable bonds is 3. The number of amides is 1. The van der Waals surface area contributed by atoms with Crippen LogP contribution in [0.2, 0.25) is 0 Å². The molecule has 5 nitrogen and oxygen atoms in total. The number of aryl methyl sites for hydroxylation is 1. The van der Waals surface area contributed by atoms with Gasteiger partial charge in [-0.3, -0.25) is 4.79 Å². The van der Waals surface area contributed by atoms with E-state index in [0.29, 0.717) is 15.9 Å². The highest BCUT2D eigenvalue weighted by Crippen LogP contribution is 2.28. The van der Waals surface area contributed by atoms with Crippen molar-refractivity contribution in [1.29, 1.82) is 0 Å². The molecule has 0 saturated heterocycles. The zero-order valence-corrected chi connectivity index (χ0v) is 12.2. The van der Waals surface area contributed by atoms with Crippen molar-refractivity contribution < 1.29 is 14.7 Å². The SMILES string of the molecule is Cc1csc(C(=O)O)c1NC(=O)c1ccc(Br)nc1. The smallest absolute Gasteiger partial charge is 0.348 e. The van der Waals surface area contributed by atoms with Gasteiger partial charge in [-0.05, 0) is 45.9 Å². The Balaban J connectivity index is 2.26. The van der Waals surface area contributed by atoms with E-state index in [0.717, 1.165) is 16.9 Å². The van der Waals surface area contributed by atoms with E-state index in [1.165, 1.54) is 6.20 Å². The molecule has 0 aliphatic carbocycles. The second-order valence-electron chi connectivity index (χ2n) is 3.75. The molecule has 98 valence electrons. The minimum Gasteiger partial charge on any atom is -0.477 e. The summed E-state index contributed by atoms with van der Waals surface area (Å²) in [6.45, 7) is 1.75. The Kier molecular flexibility index (Phi) is 3.96. The number of aromatic carboxylic acids is 1. The van der Waals surface area contributed by atoms with E-state index in [9.17, 15) is 9.59 Å². The molecule has 0 fully saturated rings. The maximum Gasteiger partial charge on any atom is 0.348 e. The predicted octanol–water partition coefficient (Wildman–Crippen LogP) is 3.16. The highest BCUT2D eigenvalue weighted by molar-refractivity contribution is 9.10. The summed E-state index contributed by atoms with van der Waals surface area (Å²) < 4.78 is 0.627. The number of aromatic nitrogens is 1. The predicted molar refractivity (Wildman–Crippen MR) is 75.9 cm³/mol. The normalized spacial score (nSPS) is 10.2. The number of pyridine rings is 1. The van der Waals surface area contributed by atoms with Crippen LogP contribution in [0, 0.1) is 6.92 Å². The van der Waals surface area contributed by atoms with E-state index in [-0.39, 0.29) is 10.8 Å². The van der Waals surface area contributed by atoms with Crippen LogP contribution in [0.3, 0.4) is 0 Å². The number of hydrogen-bond donors (Lipinski definition) is 2. The summed E-state index contributed by atoms with van der Waals surface area (Å²) in [6, 6.07) is 3.25. The molecule has 19 heavy (non-hydrogen) atoms. The van der Waals surface area contributed by atoms with Gasteiger partial charge in [0, 0.05) is 6.20 Å². The molecule has 2 rings (SSSR count). The molecule has 0 bridgehead atoms. The summed E-state index contributed by atoms with van der Waals surface area (Å²) in [6.07, 6.45) is 1.42. The van der Waals surface area contributed by atoms with Gasteiger partial charge in [0.05, 0.1) is 11.3 Å². The van der Waals surface area contributed by atoms with Gasteiger partial charge in [0.2, 0.25) is 0 Å². The zero-order chi connectivity index (χ0) is 14.0. The van der Waals surface area contributed by atoms with Gasteiger partial charge in [-0.1, -0.05) is 0 Å². The summed E-state index contributed by atoms with van der Waals surface area (Å²) in [4.78, 5) is 27.1. The number of nitrogens with zero attached hydrogens (tertiary/aromatic N) is 1. The van der Waals surface area contributed by atoms with Crippen LogP contribution in [0.4, 0.5) is 5.69 Å². The van der Waals surface area contributed by atoms with E-state index in [1.807, 2.05) is 0 Å². The number of hydrogen-bond acceptors (Lipinski definition) is 4. The van der Waals surface area contributed by atoms with Gasteiger partial charge in [0.1, 0.15) is 9.48 Å². The molecule has 0 aliphatic rings. The van der Waals surface area contributed by atoms with E-state index >= 15 is 0 Å². The van der Waals surface area contributed by atoms with Crippen LogP contribution in [0.25, 0.3) is 0 Å². The first-order valence-electron chi connectivity index (χ1n) is 5.23. The van der Waals surface area contributed by atoms with Gasteiger partial charge in [-0.2, -0.15) is 0 Å². The molecule has 1 amide bonds. The third kappa shape index (κ3) is 2.99. The minimum absolute atomic E-state index is 0.121. The van der Waals surface area contributed by atoms with Gasteiger partial charge < -0.3 is 10.4 Å². The Labute approximate surface area is 121 Å². The average molecular weight is 341 g/mol. The fraction of sp³-hybridized carbons (Fsp3) is 0.0833. The number of carbonyl (C=O) groups excluding carboxylic acids is 1. The lowest BCUT2D eigenvalue weighted by Gasteiger charge is -2.06. The first kappa shape index (κ1) is 13.7. The molecular formula is C12H9BrN2O3S. The Morgan fingerprint density at radius 3 is 2.74 bits per heavy atom. The highest BCUT2D eigenvalue weighted by atomic mass is 79.9. The summed E-state index contributed by atoms with van der Waals surface area (Å²) >= 11 is 4.27. The third-order valence-corrected chi connectivity index (χ3v) is 3.95. The molecule has 0 saturated carbocycles. The first-order valence-corrected chi connectivity index (χ1v) is 6.90. The fourth-order valence-electron chi connectivity index (χ4n) is 1.45. The summed E-state index contributed by atoms with van der Waals surface area (Å²) in [5.74, 6) is -1.44. The van der Waals surface area contributed by atoms with Crippen molar-refractivity contribution >= 4 is 44.8 Å². The van der Waals surface area contributed by atoms with Gasteiger partial charge in [-0.25, -0.2) is 9.78 Å². The summed E-state index contributed by atoms with van der Waals surface area (Å²) in [5, 5.41) is 13.3. The van der Waals surface area contributed by atoms with E-state index < -0.39 is 5.97 Å². The quantitative estimate of drug-likeness (QED) is 0.841. The van der Waals surface area contributed by atoms with Crippen molar-refractivity contribution in [3.8, 4) is 0 Å². The van der Waals surface area contributed by atoms with Crippen molar-refractivity contribution in [2.45, 2.75) is 6.92 Å². The van der Waals surface area contributed by atoms with Crippen molar-refractivity contribution in [3.05, 3.63) is 44.3 Å². The summed E-state index contributed by atoms with van der Waals surface area (Å²) in [5.41, 5.74) is 1.43. The average Bonchev–Trinajstić information content (AvgIpc) is 2.72. The molecule has 0 spiro atoms. The number of carbonyl (C=O) groups is 2. The number of halogens is 1. The van der Waals surface area contributed by atoms with E-state index in [2.05, 4.69) is 26.2 Å². The largest absolute Gasteiger partial charge is 0.477 e. The number of nitrogens with one attached hydrogen (secondary N) is 1. The van der Waals surface area contributed by atoms with Crippen LogP contribution in [0.15, 0.2) is 28.3 Å². The van der Waals surface area contributed by atoms with Gasteiger partial charge in [0.25, 0.3) is 5.91 Å². The summed E-state index contributed by atoms with van der Waals surface area (Å²) in [7, 11) is 0. The molecule has 0 aliphatic heterocycles. The maximum atomic E-state index is 12.0. The molecule has 2 aromatic heterocycles. The lowest BCUT2D eigenvalue weighted by atomic mass is 10.2. The Morgan fingerprint density at radius 2 is 2.16 bits per heavy atom. The van der Waals surface area contributed by atoms with Crippen molar-refractivity contribution in [3.63, 3.8) is 0 Å². The molecule has 7 heteroatoms. The Morgan fingerprint density at radius 1 is 1.42 bits per heavy atom. The van der Waals surface area contributed by atoms with Crippen LogP contribution < -0.4 is 5.32 Å². The molecule has 2 N–H and O–H groups in total. The van der Waals surface area contributed by atoms with Gasteiger partial charge in [-0.15, -0.1) is 11.3 Å². The van der Waals surface area contributed by atoms with Crippen LogP contribution in [-0.2, 0) is 0 Å². The molecule has 0 atom stereocenters. The van der Waals surface area contributed by atoms with Crippen LogP contribution in [-0.4, -0.2) is 22.0 Å². The molecular weight excluding hydrogens is 332 g/mol. The van der Waals surface area contributed by atoms with Crippen molar-refractivity contribution in [1.82, 2.24) is 4.98 Å². The molecule has 2 aromatic rings. The Bertz CT molecular complexity index is 637. The lowest BCUT2D eigenvalue weighted by molar-refractivity contribution is 0.0703. The maximum absolute atomic E-state index is 12.0. The van der Waals surface area contributed by atoms with Crippen molar-refractivity contribution in [2.24, 2.45) is 0 Å².